The summed E-state index contributed by atoms with van der Waals surface area (Å²) in [6.45, 7) is 4.67. The summed E-state index contributed by atoms with van der Waals surface area (Å²) in [6.07, 6.45) is 3.90. The van der Waals surface area contributed by atoms with Crippen LogP contribution < -0.4 is 5.32 Å². The van der Waals surface area contributed by atoms with E-state index >= 15 is 0 Å². The first-order valence-corrected chi connectivity index (χ1v) is 8.92. The van der Waals surface area contributed by atoms with Crippen molar-refractivity contribution < 1.29 is 19.1 Å². The molecule has 0 saturated carbocycles. The fraction of sp³-hybridized carbons (Fsp3) is 0.421. The van der Waals surface area contributed by atoms with E-state index in [1.807, 2.05) is 12.1 Å². The number of carbonyl (C=O) groups is 3. The molecule has 1 N–H and O–H groups in total. The molecular formula is C19H25ClN2O4. The molecule has 0 aliphatic carbocycles. The Morgan fingerprint density at radius 3 is 2.50 bits per heavy atom. The minimum Gasteiger partial charge on any atom is -0.466 e. The van der Waals surface area contributed by atoms with Gasteiger partial charge in [0.2, 0.25) is 11.8 Å². The maximum atomic E-state index is 12.5. The van der Waals surface area contributed by atoms with Crippen LogP contribution >= 0.6 is 11.6 Å². The van der Waals surface area contributed by atoms with Crippen LogP contribution in [0.2, 0.25) is 5.02 Å². The van der Waals surface area contributed by atoms with Crippen molar-refractivity contribution in [3.05, 3.63) is 40.9 Å². The molecule has 0 bridgehead atoms. The quantitative estimate of drug-likeness (QED) is 0.384. The molecule has 0 saturated heterocycles. The van der Waals surface area contributed by atoms with E-state index in [1.54, 1.807) is 30.0 Å². The minimum absolute atomic E-state index is 0.114. The first-order chi connectivity index (χ1) is 12.4. The van der Waals surface area contributed by atoms with Crippen molar-refractivity contribution >= 4 is 35.5 Å². The van der Waals surface area contributed by atoms with Gasteiger partial charge in [0.1, 0.15) is 0 Å². The molecule has 0 heterocycles. The van der Waals surface area contributed by atoms with Crippen molar-refractivity contribution in [2.75, 3.05) is 26.2 Å². The molecule has 1 rings (SSSR count). The highest BCUT2D eigenvalue weighted by molar-refractivity contribution is 6.30. The van der Waals surface area contributed by atoms with Crippen molar-refractivity contribution in [3.63, 3.8) is 0 Å². The molecule has 26 heavy (non-hydrogen) atoms. The number of ether oxygens (including phenoxy) is 1. The second-order valence-electron chi connectivity index (χ2n) is 5.60. The number of rotatable bonds is 10. The third-order valence-electron chi connectivity index (χ3n) is 3.47. The van der Waals surface area contributed by atoms with Crippen molar-refractivity contribution in [1.82, 2.24) is 10.2 Å². The molecular weight excluding hydrogens is 356 g/mol. The Labute approximate surface area is 159 Å². The van der Waals surface area contributed by atoms with Gasteiger partial charge in [0, 0.05) is 37.7 Å². The predicted molar refractivity (Wildman–Crippen MR) is 102 cm³/mol. The molecule has 7 heteroatoms. The Balaban J connectivity index is 2.64. The Hall–Kier alpha value is -2.34. The van der Waals surface area contributed by atoms with E-state index in [9.17, 15) is 14.4 Å². The van der Waals surface area contributed by atoms with Crippen molar-refractivity contribution in [2.24, 2.45) is 0 Å². The van der Waals surface area contributed by atoms with E-state index in [0.29, 0.717) is 31.1 Å². The molecule has 0 aromatic heterocycles. The molecule has 0 fully saturated rings. The fourth-order valence-corrected chi connectivity index (χ4v) is 2.30. The highest BCUT2D eigenvalue weighted by atomic mass is 35.5. The fourth-order valence-electron chi connectivity index (χ4n) is 2.17. The van der Waals surface area contributed by atoms with Crippen molar-refractivity contribution in [3.8, 4) is 0 Å². The van der Waals surface area contributed by atoms with Crippen LogP contribution in [-0.2, 0) is 19.1 Å². The molecule has 1 aromatic rings. The Morgan fingerprint density at radius 1 is 1.19 bits per heavy atom. The lowest BCUT2D eigenvalue weighted by Gasteiger charge is -2.21. The molecule has 1 aromatic carbocycles. The van der Waals surface area contributed by atoms with E-state index in [1.165, 1.54) is 13.0 Å². The smallest absolute Gasteiger partial charge is 0.307 e. The van der Waals surface area contributed by atoms with E-state index in [-0.39, 0.29) is 30.7 Å². The number of hydrogen-bond donors (Lipinski definition) is 1. The van der Waals surface area contributed by atoms with Crippen LogP contribution in [0.5, 0.6) is 0 Å². The van der Waals surface area contributed by atoms with Gasteiger partial charge in [0.25, 0.3) is 0 Å². The van der Waals surface area contributed by atoms with Crippen molar-refractivity contribution in [2.45, 2.75) is 26.7 Å². The van der Waals surface area contributed by atoms with Crippen LogP contribution in [0.4, 0.5) is 0 Å². The number of carbonyl (C=O) groups excluding carboxylic acids is 3. The third kappa shape index (κ3) is 9.22. The Morgan fingerprint density at radius 2 is 1.88 bits per heavy atom. The van der Waals surface area contributed by atoms with Gasteiger partial charge < -0.3 is 15.0 Å². The summed E-state index contributed by atoms with van der Waals surface area (Å²) in [5.41, 5.74) is 0.853. The standard InChI is InChI=1S/C19H25ClN2O4/c1-3-26-19(25)11-14-22(13-4-12-21-15(2)23)18(24)10-7-16-5-8-17(20)9-6-16/h5-10H,3-4,11-14H2,1-2H3,(H,21,23)/b10-7+. The van der Waals surface area contributed by atoms with Gasteiger partial charge in [0.05, 0.1) is 13.0 Å². The first kappa shape index (κ1) is 21.7. The van der Waals surface area contributed by atoms with E-state index in [0.717, 1.165) is 5.56 Å². The number of benzene rings is 1. The van der Waals surface area contributed by atoms with Gasteiger partial charge >= 0.3 is 5.97 Å². The Bertz CT molecular complexity index is 629. The zero-order valence-electron chi connectivity index (χ0n) is 15.2. The van der Waals surface area contributed by atoms with Crippen LogP contribution in [0.3, 0.4) is 0 Å². The molecule has 0 unspecified atom stereocenters. The largest absolute Gasteiger partial charge is 0.466 e. The number of nitrogens with one attached hydrogen (secondary N) is 1. The highest BCUT2D eigenvalue weighted by Gasteiger charge is 2.13. The molecule has 0 aliphatic heterocycles. The summed E-state index contributed by atoms with van der Waals surface area (Å²) < 4.78 is 4.91. The molecule has 0 aliphatic rings. The number of nitrogens with zero attached hydrogens (tertiary/aromatic N) is 1. The van der Waals surface area contributed by atoms with E-state index in [4.69, 9.17) is 16.3 Å². The molecule has 0 atom stereocenters. The maximum absolute atomic E-state index is 12.5. The van der Waals surface area contributed by atoms with E-state index in [2.05, 4.69) is 5.32 Å². The lowest BCUT2D eigenvalue weighted by molar-refractivity contribution is -0.143. The average molecular weight is 381 g/mol. The van der Waals surface area contributed by atoms with Gasteiger partial charge in [-0.25, -0.2) is 0 Å². The molecule has 0 radical (unpaired) electrons. The summed E-state index contributed by atoms with van der Waals surface area (Å²) in [5, 5.41) is 3.32. The summed E-state index contributed by atoms with van der Waals surface area (Å²) >= 11 is 5.84. The summed E-state index contributed by atoms with van der Waals surface area (Å²) in [6, 6.07) is 7.12. The average Bonchev–Trinajstić information content (AvgIpc) is 2.60. The lowest BCUT2D eigenvalue weighted by atomic mass is 10.2. The van der Waals surface area contributed by atoms with Crippen LogP contribution in [0, 0.1) is 0 Å². The van der Waals surface area contributed by atoms with Crippen LogP contribution in [0.25, 0.3) is 6.08 Å². The van der Waals surface area contributed by atoms with Crippen LogP contribution in [0.1, 0.15) is 32.3 Å². The van der Waals surface area contributed by atoms with Gasteiger partial charge in [0.15, 0.2) is 0 Å². The summed E-state index contributed by atoms with van der Waals surface area (Å²) in [4.78, 5) is 36.5. The lowest BCUT2D eigenvalue weighted by Crippen LogP contribution is -2.34. The van der Waals surface area contributed by atoms with Gasteiger partial charge in [-0.1, -0.05) is 23.7 Å². The minimum atomic E-state index is -0.339. The summed E-state index contributed by atoms with van der Waals surface area (Å²) in [5.74, 6) is -0.655. The molecule has 6 nitrogen and oxygen atoms in total. The van der Waals surface area contributed by atoms with Crippen molar-refractivity contribution in [1.29, 1.82) is 0 Å². The normalized spacial score (nSPS) is 10.6. The topological polar surface area (TPSA) is 75.7 Å². The molecule has 2 amide bonds. The monoisotopic (exact) mass is 380 g/mol. The number of halogens is 1. The molecule has 142 valence electrons. The van der Waals surface area contributed by atoms with Gasteiger partial charge in [-0.2, -0.15) is 0 Å². The van der Waals surface area contributed by atoms with Gasteiger partial charge in [-0.3, -0.25) is 14.4 Å². The Kier molecular flexibility index (Phi) is 10.1. The van der Waals surface area contributed by atoms with Gasteiger partial charge in [-0.05, 0) is 37.1 Å². The number of amides is 2. The third-order valence-corrected chi connectivity index (χ3v) is 3.72. The molecule has 0 spiro atoms. The van der Waals surface area contributed by atoms with Crippen LogP contribution in [-0.4, -0.2) is 48.9 Å². The summed E-state index contributed by atoms with van der Waals surface area (Å²) in [7, 11) is 0. The van der Waals surface area contributed by atoms with Crippen LogP contribution in [0.15, 0.2) is 30.3 Å². The van der Waals surface area contributed by atoms with E-state index < -0.39 is 0 Å². The zero-order chi connectivity index (χ0) is 19.4. The second-order valence-corrected chi connectivity index (χ2v) is 6.04. The number of hydrogen-bond acceptors (Lipinski definition) is 4. The highest BCUT2D eigenvalue weighted by Crippen LogP contribution is 2.11. The predicted octanol–water partition coefficient (Wildman–Crippen LogP) is 2.66. The zero-order valence-corrected chi connectivity index (χ0v) is 15.9. The SMILES string of the molecule is CCOC(=O)CCN(CCCNC(C)=O)C(=O)/C=C/c1ccc(Cl)cc1. The maximum Gasteiger partial charge on any atom is 0.307 e. The number of esters is 1. The van der Waals surface area contributed by atoms with Gasteiger partial charge in [-0.15, -0.1) is 0 Å². The second kappa shape index (κ2) is 12.1. The first-order valence-electron chi connectivity index (χ1n) is 8.55.